The molecule has 2 saturated heterocycles. The lowest BCUT2D eigenvalue weighted by Crippen LogP contribution is -2.26. The third-order valence-corrected chi connectivity index (χ3v) is 4.22. The van der Waals surface area contributed by atoms with Crippen molar-refractivity contribution in [1.29, 1.82) is 0 Å². The molecule has 21 heavy (non-hydrogen) atoms. The van der Waals surface area contributed by atoms with Gasteiger partial charge in [-0.05, 0) is 25.0 Å². The van der Waals surface area contributed by atoms with E-state index < -0.39 is 5.97 Å². The number of aromatic nitrogens is 1. The maximum atomic E-state index is 11.0. The maximum absolute atomic E-state index is 11.0. The molecule has 2 fully saturated rings. The summed E-state index contributed by atoms with van der Waals surface area (Å²) in [7, 11) is 0. The van der Waals surface area contributed by atoms with E-state index in [9.17, 15) is 9.90 Å². The zero-order valence-electron chi connectivity index (χ0n) is 11.8. The van der Waals surface area contributed by atoms with Crippen molar-refractivity contribution in [3.8, 4) is 0 Å². The van der Waals surface area contributed by atoms with E-state index in [1.54, 1.807) is 6.07 Å². The molecular weight excluding hydrogens is 272 g/mol. The van der Waals surface area contributed by atoms with E-state index in [1.807, 2.05) is 15.9 Å². The molecule has 3 heterocycles. The van der Waals surface area contributed by atoms with Gasteiger partial charge in [0.25, 0.3) is 0 Å². The predicted molar refractivity (Wildman–Crippen MR) is 79.4 cm³/mol. The average molecular weight is 292 g/mol. The number of nitrogens with zero attached hydrogens (tertiary/aromatic N) is 3. The van der Waals surface area contributed by atoms with Gasteiger partial charge in [-0.15, -0.1) is 0 Å². The Hall–Kier alpha value is -2.02. The number of aliphatic hydroxyl groups is 1. The summed E-state index contributed by atoms with van der Waals surface area (Å²) in [6.07, 6.45) is 1.02. The lowest BCUT2D eigenvalue weighted by Gasteiger charge is -2.23. The zero-order valence-corrected chi connectivity index (χ0v) is 11.8. The van der Waals surface area contributed by atoms with E-state index in [0.29, 0.717) is 37.6 Å². The van der Waals surface area contributed by atoms with Crippen LogP contribution < -0.4 is 15.5 Å². The van der Waals surface area contributed by atoms with Crippen LogP contribution in [0.15, 0.2) is 12.1 Å². The second-order valence-corrected chi connectivity index (χ2v) is 5.74. The number of carboxylic acid groups (broad SMARTS) is 1. The van der Waals surface area contributed by atoms with Gasteiger partial charge in [0.15, 0.2) is 5.82 Å². The van der Waals surface area contributed by atoms with Gasteiger partial charge in [-0.2, -0.15) is 0 Å². The second kappa shape index (κ2) is 5.40. The number of rotatable bonds is 3. The van der Waals surface area contributed by atoms with E-state index in [0.717, 1.165) is 18.8 Å². The molecule has 0 aromatic carbocycles. The zero-order chi connectivity index (χ0) is 15.0. The van der Waals surface area contributed by atoms with Gasteiger partial charge >= 0.3 is 5.97 Å². The molecule has 7 nitrogen and oxygen atoms in total. The number of pyridine rings is 1. The van der Waals surface area contributed by atoms with Crippen LogP contribution in [0.1, 0.15) is 12.8 Å². The summed E-state index contributed by atoms with van der Waals surface area (Å²) in [5, 5.41) is 18.7. The van der Waals surface area contributed by atoms with Crippen molar-refractivity contribution >= 4 is 23.3 Å². The number of anilines is 3. The third kappa shape index (κ3) is 2.73. The second-order valence-electron chi connectivity index (χ2n) is 5.74. The van der Waals surface area contributed by atoms with E-state index in [2.05, 4.69) is 4.98 Å². The van der Waals surface area contributed by atoms with Crippen LogP contribution in [0, 0.1) is 5.92 Å². The van der Waals surface area contributed by atoms with Crippen molar-refractivity contribution < 1.29 is 15.0 Å². The van der Waals surface area contributed by atoms with Crippen LogP contribution in [0.3, 0.4) is 0 Å². The SMILES string of the molecule is Nc1ccc(N2CCC(C(=O)O)C2)nc1N1CCC(O)C1. The Morgan fingerprint density at radius 3 is 2.62 bits per heavy atom. The van der Waals surface area contributed by atoms with Crippen LogP contribution in [-0.2, 0) is 4.79 Å². The van der Waals surface area contributed by atoms with Gasteiger partial charge in [-0.1, -0.05) is 0 Å². The van der Waals surface area contributed by atoms with Crippen LogP contribution in [0.25, 0.3) is 0 Å². The fourth-order valence-corrected chi connectivity index (χ4v) is 2.98. The van der Waals surface area contributed by atoms with Crippen LogP contribution in [-0.4, -0.2) is 53.4 Å². The Kier molecular flexibility index (Phi) is 3.59. The molecule has 7 heteroatoms. The number of carbonyl (C=O) groups is 1. The molecule has 0 saturated carbocycles. The molecule has 2 unspecified atom stereocenters. The molecule has 1 aromatic rings. The number of nitrogen functional groups attached to an aromatic ring is 1. The molecule has 4 N–H and O–H groups in total. The number of aliphatic carboxylic acids is 1. The molecule has 0 bridgehead atoms. The summed E-state index contributed by atoms with van der Waals surface area (Å²) in [6, 6.07) is 3.63. The number of carboxylic acids is 1. The highest BCUT2D eigenvalue weighted by Gasteiger charge is 2.30. The van der Waals surface area contributed by atoms with Gasteiger partial charge in [0, 0.05) is 26.2 Å². The first-order valence-corrected chi connectivity index (χ1v) is 7.22. The molecule has 2 atom stereocenters. The molecule has 0 aliphatic carbocycles. The van der Waals surface area contributed by atoms with Gasteiger partial charge in [0.2, 0.25) is 0 Å². The number of hydrogen-bond acceptors (Lipinski definition) is 6. The molecule has 0 spiro atoms. The first kappa shape index (κ1) is 13.9. The Bertz CT molecular complexity index is 551. The molecule has 2 aliphatic heterocycles. The minimum Gasteiger partial charge on any atom is -0.481 e. The first-order valence-electron chi connectivity index (χ1n) is 7.22. The van der Waals surface area contributed by atoms with Gasteiger partial charge in [-0.3, -0.25) is 4.79 Å². The summed E-state index contributed by atoms with van der Waals surface area (Å²) in [6.45, 7) is 2.45. The summed E-state index contributed by atoms with van der Waals surface area (Å²) in [5.74, 6) is 0.351. The highest BCUT2D eigenvalue weighted by atomic mass is 16.4. The van der Waals surface area contributed by atoms with Crippen molar-refractivity contribution in [3.05, 3.63) is 12.1 Å². The topological polar surface area (TPSA) is 103 Å². The highest BCUT2D eigenvalue weighted by Crippen LogP contribution is 2.29. The molecule has 0 radical (unpaired) electrons. The van der Waals surface area contributed by atoms with Crippen molar-refractivity contribution in [1.82, 2.24) is 4.98 Å². The molecule has 3 rings (SSSR count). The third-order valence-electron chi connectivity index (χ3n) is 4.22. The minimum atomic E-state index is -0.754. The Balaban J connectivity index is 1.80. The van der Waals surface area contributed by atoms with Crippen LogP contribution in [0.4, 0.5) is 17.3 Å². The summed E-state index contributed by atoms with van der Waals surface area (Å²) < 4.78 is 0. The summed E-state index contributed by atoms with van der Waals surface area (Å²) >= 11 is 0. The predicted octanol–water partition coefficient (Wildman–Crippen LogP) is 0.146. The monoisotopic (exact) mass is 292 g/mol. The average Bonchev–Trinajstić information content (AvgIpc) is 3.08. The molecule has 114 valence electrons. The largest absolute Gasteiger partial charge is 0.481 e. The normalized spacial score (nSPS) is 25.6. The van der Waals surface area contributed by atoms with Crippen LogP contribution in [0.5, 0.6) is 0 Å². The number of hydrogen-bond donors (Lipinski definition) is 3. The Morgan fingerprint density at radius 1 is 1.24 bits per heavy atom. The van der Waals surface area contributed by atoms with Crippen molar-refractivity contribution in [3.63, 3.8) is 0 Å². The van der Waals surface area contributed by atoms with Gasteiger partial charge in [0.1, 0.15) is 5.82 Å². The van der Waals surface area contributed by atoms with Crippen LogP contribution in [0.2, 0.25) is 0 Å². The maximum Gasteiger partial charge on any atom is 0.308 e. The number of aliphatic hydroxyl groups excluding tert-OH is 1. The molecule has 1 aromatic heterocycles. The summed E-state index contributed by atoms with van der Waals surface area (Å²) in [4.78, 5) is 19.6. The molecule has 0 amide bonds. The fraction of sp³-hybridized carbons (Fsp3) is 0.571. The lowest BCUT2D eigenvalue weighted by molar-refractivity contribution is -0.140. The smallest absolute Gasteiger partial charge is 0.308 e. The molecule has 2 aliphatic rings. The van der Waals surface area contributed by atoms with E-state index >= 15 is 0 Å². The number of nitrogens with two attached hydrogens (primary N) is 1. The van der Waals surface area contributed by atoms with Gasteiger partial charge < -0.3 is 25.7 Å². The quantitative estimate of drug-likeness (QED) is 0.728. The summed E-state index contributed by atoms with van der Waals surface area (Å²) in [5.41, 5.74) is 6.58. The Morgan fingerprint density at radius 2 is 2.00 bits per heavy atom. The van der Waals surface area contributed by atoms with E-state index in [-0.39, 0.29) is 12.0 Å². The number of β-amino-alcohol motifs (C(OH)–C–C–N with tert-alkyl or cyclic N) is 1. The van der Waals surface area contributed by atoms with Crippen molar-refractivity contribution in [2.24, 2.45) is 5.92 Å². The fourth-order valence-electron chi connectivity index (χ4n) is 2.98. The van der Waals surface area contributed by atoms with E-state index in [1.165, 1.54) is 0 Å². The van der Waals surface area contributed by atoms with Crippen LogP contribution >= 0.6 is 0 Å². The minimum absolute atomic E-state index is 0.332. The Labute approximate surface area is 123 Å². The van der Waals surface area contributed by atoms with Gasteiger partial charge in [-0.25, -0.2) is 4.98 Å². The highest BCUT2D eigenvalue weighted by molar-refractivity contribution is 5.72. The van der Waals surface area contributed by atoms with Gasteiger partial charge in [0.05, 0.1) is 17.7 Å². The molecular formula is C14H20N4O3. The van der Waals surface area contributed by atoms with Crippen molar-refractivity contribution in [2.75, 3.05) is 41.7 Å². The van der Waals surface area contributed by atoms with E-state index in [4.69, 9.17) is 10.8 Å². The lowest BCUT2D eigenvalue weighted by atomic mass is 10.1. The van der Waals surface area contributed by atoms with Crippen molar-refractivity contribution in [2.45, 2.75) is 18.9 Å². The first-order chi connectivity index (χ1) is 10.0. The standard InChI is InChI=1S/C14H20N4O3/c15-11-1-2-12(17-5-3-9(7-17)14(20)21)16-13(11)18-6-4-10(19)8-18/h1-2,9-10,19H,3-8,15H2,(H,20,21).